The van der Waals surface area contributed by atoms with E-state index < -0.39 is 0 Å². The summed E-state index contributed by atoms with van der Waals surface area (Å²) in [6.45, 7) is 9.93. The van der Waals surface area contributed by atoms with Crippen LogP contribution in [0.2, 0.25) is 5.02 Å². The van der Waals surface area contributed by atoms with Crippen molar-refractivity contribution >= 4 is 17.3 Å². The van der Waals surface area contributed by atoms with Crippen LogP contribution in [0.5, 0.6) is 0 Å². The van der Waals surface area contributed by atoms with E-state index in [1.54, 1.807) is 0 Å². The maximum absolute atomic E-state index is 6.24. The Morgan fingerprint density at radius 3 is 2.79 bits per heavy atom. The van der Waals surface area contributed by atoms with Gasteiger partial charge < -0.3 is 9.64 Å². The minimum atomic E-state index is 0.238. The molecule has 2 atom stereocenters. The maximum atomic E-state index is 6.24. The number of aryl methyl sites for hydroxylation is 1. The number of rotatable bonds is 7. The van der Waals surface area contributed by atoms with E-state index in [2.05, 4.69) is 51.3 Å². The van der Waals surface area contributed by atoms with Crippen LogP contribution in [0.4, 0.5) is 5.69 Å². The molecule has 0 unspecified atom stereocenters. The molecule has 2 aliphatic rings. The van der Waals surface area contributed by atoms with E-state index in [4.69, 9.17) is 16.3 Å². The van der Waals surface area contributed by atoms with Crippen molar-refractivity contribution < 1.29 is 4.74 Å². The third kappa shape index (κ3) is 4.73. The third-order valence-electron chi connectivity index (χ3n) is 6.09. The second kappa shape index (κ2) is 9.41. The van der Waals surface area contributed by atoms with Crippen LogP contribution in [0, 0.1) is 6.92 Å². The quantitative estimate of drug-likeness (QED) is 0.686. The average molecular weight is 419 g/mol. The van der Waals surface area contributed by atoms with Crippen molar-refractivity contribution in [1.82, 2.24) is 25.1 Å². The lowest BCUT2D eigenvalue weighted by Crippen LogP contribution is -2.48. The molecule has 0 radical (unpaired) electrons. The van der Waals surface area contributed by atoms with Gasteiger partial charge in [-0.15, -0.1) is 5.10 Å². The summed E-state index contributed by atoms with van der Waals surface area (Å²) in [6.07, 6.45) is 4.62. The summed E-state index contributed by atoms with van der Waals surface area (Å²) in [5.74, 6) is 0.981. The Balaban J connectivity index is 1.45. The Kier molecular flexibility index (Phi) is 6.67. The number of tetrazole rings is 1. The van der Waals surface area contributed by atoms with E-state index in [-0.39, 0.29) is 12.1 Å². The molecule has 1 aromatic heterocycles. The van der Waals surface area contributed by atoms with E-state index in [0.29, 0.717) is 0 Å². The molecule has 2 fully saturated rings. The Labute approximate surface area is 178 Å². The highest BCUT2D eigenvalue weighted by atomic mass is 35.5. The standard InChI is InChI=1S/C21H31ClN6O/c1-3-5-19(21-23-24-25-28(21)15-18-6-4-13-29-18)26-9-11-27(12-10-26)20-14-17(22)8-7-16(20)2/h7-8,14,18-19H,3-6,9-13,15H2,1-2H3/t18-,19+/m1/s1. The number of aromatic nitrogens is 4. The highest BCUT2D eigenvalue weighted by Gasteiger charge is 2.30. The zero-order valence-corrected chi connectivity index (χ0v) is 18.2. The highest BCUT2D eigenvalue weighted by molar-refractivity contribution is 6.30. The molecule has 2 saturated heterocycles. The third-order valence-corrected chi connectivity index (χ3v) is 6.32. The molecule has 8 heteroatoms. The first-order valence-electron chi connectivity index (χ1n) is 10.8. The lowest BCUT2D eigenvalue weighted by Gasteiger charge is -2.40. The van der Waals surface area contributed by atoms with Gasteiger partial charge in [-0.25, -0.2) is 4.68 Å². The molecule has 7 nitrogen and oxygen atoms in total. The summed E-state index contributed by atoms with van der Waals surface area (Å²) in [5, 5.41) is 13.5. The van der Waals surface area contributed by atoms with Crippen molar-refractivity contribution in [2.75, 3.05) is 37.7 Å². The van der Waals surface area contributed by atoms with Crippen molar-refractivity contribution in [3.63, 3.8) is 0 Å². The van der Waals surface area contributed by atoms with Crippen molar-refractivity contribution in [2.24, 2.45) is 0 Å². The molecular formula is C21H31ClN6O. The number of anilines is 1. The van der Waals surface area contributed by atoms with E-state index in [1.807, 2.05) is 10.7 Å². The fraction of sp³-hybridized carbons (Fsp3) is 0.667. The molecule has 0 saturated carbocycles. The number of ether oxygens (including phenoxy) is 1. The molecule has 2 aromatic rings. The fourth-order valence-corrected chi connectivity index (χ4v) is 4.67. The van der Waals surface area contributed by atoms with E-state index in [1.165, 1.54) is 11.3 Å². The van der Waals surface area contributed by atoms with Gasteiger partial charge in [0.25, 0.3) is 0 Å². The van der Waals surface area contributed by atoms with Crippen LogP contribution in [-0.2, 0) is 11.3 Å². The summed E-state index contributed by atoms with van der Waals surface area (Å²) in [6, 6.07) is 6.39. The van der Waals surface area contributed by atoms with Gasteiger partial charge in [0.05, 0.1) is 18.7 Å². The summed E-state index contributed by atoms with van der Waals surface area (Å²) >= 11 is 6.24. The molecule has 2 aliphatic heterocycles. The first-order valence-corrected chi connectivity index (χ1v) is 11.2. The summed E-state index contributed by atoms with van der Waals surface area (Å²) < 4.78 is 7.78. The van der Waals surface area contributed by atoms with Gasteiger partial charge >= 0.3 is 0 Å². The minimum Gasteiger partial charge on any atom is -0.376 e. The molecule has 0 N–H and O–H groups in total. The number of hydrogen-bond acceptors (Lipinski definition) is 6. The number of nitrogens with zero attached hydrogens (tertiary/aromatic N) is 6. The molecule has 0 bridgehead atoms. The predicted octanol–water partition coefficient (Wildman–Crippen LogP) is 3.48. The molecule has 158 valence electrons. The van der Waals surface area contributed by atoms with Crippen LogP contribution in [0.3, 0.4) is 0 Å². The summed E-state index contributed by atoms with van der Waals surface area (Å²) in [7, 11) is 0. The second-order valence-electron chi connectivity index (χ2n) is 8.11. The van der Waals surface area contributed by atoms with E-state index in [0.717, 1.165) is 75.9 Å². The van der Waals surface area contributed by atoms with Crippen LogP contribution in [0.1, 0.15) is 50.0 Å². The Bertz CT molecular complexity index is 798. The van der Waals surface area contributed by atoms with Crippen molar-refractivity contribution in [2.45, 2.75) is 58.2 Å². The van der Waals surface area contributed by atoms with Crippen LogP contribution in [0.15, 0.2) is 18.2 Å². The number of halogens is 1. The SMILES string of the molecule is CCC[C@@H](c1nnnn1C[C@H]1CCCO1)N1CCN(c2cc(Cl)ccc2C)CC1. The monoisotopic (exact) mass is 418 g/mol. The Morgan fingerprint density at radius 2 is 2.07 bits per heavy atom. The van der Waals surface area contributed by atoms with Gasteiger partial charge in [0, 0.05) is 43.5 Å². The molecule has 3 heterocycles. The number of hydrogen-bond donors (Lipinski definition) is 0. The van der Waals surface area contributed by atoms with Gasteiger partial charge in [-0.3, -0.25) is 4.90 Å². The van der Waals surface area contributed by atoms with Gasteiger partial charge in [0.2, 0.25) is 0 Å². The molecule has 0 aliphatic carbocycles. The zero-order chi connectivity index (χ0) is 20.2. The first-order chi connectivity index (χ1) is 14.2. The number of benzene rings is 1. The Hall–Kier alpha value is -1.70. The van der Waals surface area contributed by atoms with Crippen LogP contribution in [0.25, 0.3) is 0 Å². The van der Waals surface area contributed by atoms with Gasteiger partial charge in [-0.2, -0.15) is 0 Å². The molecule has 4 rings (SSSR count). The van der Waals surface area contributed by atoms with Crippen LogP contribution >= 0.6 is 11.6 Å². The van der Waals surface area contributed by atoms with Crippen molar-refractivity contribution in [3.05, 3.63) is 34.6 Å². The highest BCUT2D eigenvalue weighted by Crippen LogP contribution is 2.29. The van der Waals surface area contributed by atoms with E-state index >= 15 is 0 Å². The average Bonchev–Trinajstić information content (AvgIpc) is 3.41. The van der Waals surface area contributed by atoms with Crippen molar-refractivity contribution in [3.8, 4) is 0 Å². The topological polar surface area (TPSA) is 59.3 Å². The lowest BCUT2D eigenvalue weighted by molar-refractivity contribution is 0.0891. The number of piperazine rings is 1. The normalized spacial score (nSPS) is 21.6. The fourth-order valence-electron chi connectivity index (χ4n) is 4.51. The second-order valence-corrected chi connectivity index (χ2v) is 8.55. The first kappa shape index (κ1) is 20.6. The smallest absolute Gasteiger partial charge is 0.168 e. The zero-order valence-electron chi connectivity index (χ0n) is 17.4. The van der Waals surface area contributed by atoms with Crippen molar-refractivity contribution in [1.29, 1.82) is 0 Å². The van der Waals surface area contributed by atoms with Gasteiger partial charge in [0.15, 0.2) is 5.82 Å². The van der Waals surface area contributed by atoms with Gasteiger partial charge in [-0.1, -0.05) is 31.0 Å². The van der Waals surface area contributed by atoms with Crippen LogP contribution in [-0.4, -0.2) is 64.0 Å². The van der Waals surface area contributed by atoms with Gasteiger partial charge in [0.1, 0.15) is 0 Å². The van der Waals surface area contributed by atoms with Gasteiger partial charge in [-0.05, 0) is 54.3 Å². The molecule has 1 aromatic carbocycles. The molecule has 29 heavy (non-hydrogen) atoms. The maximum Gasteiger partial charge on any atom is 0.168 e. The summed E-state index contributed by atoms with van der Waals surface area (Å²) in [4.78, 5) is 4.98. The molecular weight excluding hydrogens is 388 g/mol. The van der Waals surface area contributed by atoms with Crippen LogP contribution < -0.4 is 4.90 Å². The lowest BCUT2D eigenvalue weighted by atomic mass is 10.1. The molecule has 0 spiro atoms. The minimum absolute atomic E-state index is 0.238. The largest absolute Gasteiger partial charge is 0.376 e. The summed E-state index contributed by atoms with van der Waals surface area (Å²) in [5.41, 5.74) is 2.51. The Morgan fingerprint density at radius 1 is 1.24 bits per heavy atom. The predicted molar refractivity (Wildman–Crippen MR) is 114 cm³/mol. The molecule has 0 amide bonds. The van der Waals surface area contributed by atoms with E-state index in [9.17, 15) is 0 Å².